The fraction of sp³-hybridized carbons (Fsp3) is 0.407. The highest BCUT2D eigenvalue weighted by atomic mass is 32.2. The minimum Gasteiger partial charge on any atom is -0.497 e. The molecule has 1 aliphatic rings. The quantitative estimate of drug-likeness (QED) is 0.367. The van der Waals surface area contributed by atoms with Crippen LogP contribution in [0.1, 0.15) is 25.7 Å². The van der Waals surface area contributed by atoms with E-state index in [-0.39, 0.29) is 6.61 Å². The number of carbonyl (C=O) groups is 1. The molecule has 7 heteroatoms. The van der Waals surface area contributed by atoms with E-state index in [9.17, 15) is 4.79 Å². The molecule has 2 aromatic carbocycles. The Balaban J connectivity index is 1.58. The molecule has 0 unspecified atom stereocenters. The number of benzene rings is 2. The lowest BCUT2D eigenvalue weighted by Gasteiger charge is -2.28. The first-order valence-corrected chi connectivity index (χ1v) is 13.0. The number of thioether (sulfide) groups is 1. The standard InChI is InChI=1S/C27H32N2O4S/c1-32-23-10-6-9-22(15-23)25-26(21-7-4-3-5-8-21)28-29(27(25)34-2)16-19-11-13-20(14-12-19)17-33-18-24(30)31/h3-10,15,19-20H,11-14,16-18H2,1-2H3,(H,30,31). The van der Waals surface area contributed by atoms with Crippen molar-refractivity contribution in [1.82, 2.24) is 9.78 Å². The third-order valence-corrected chi connectivity index (χ3v) is 7.28. The van der Waals surface area contributed by atoms with Gasteiger partial charge in [-0.2, -0.15) is 5.10 Å². The Morgan fingerprint density at radius 1 is 1.06 bits per heavy atom. The van der Waals surface area contributed by atoms with Gasteiger partial charge < -0.3 is 14.6 Å². The molecule has 1 aromatic heterocycles. The van der Waals surface area contributed by atoms with E-state index in [1.807, 2.05) is 18.2 Å². The predicted molar refractivity (Wildman–Crippen MR) is 135 cm³/mol. The zero-order valence-corrected chi connectivity index (χ0v) is 20.6. The molecule has 6 nitrogen and oxygen atoms in total. The third-order valence-electron chi connectivity index (χ3n) is 6.48. The van der Waals surface area contributed by atoms with Gasteiger partial charge in [-0.25, -0.2) is 4.79 Å². The van der Waals surface area contributed by atoms with Crippen LogP contribution in [0.2, 0.25) is 0 Å². The number of hydrogen-bond acceptors (Lipinski definition) is 5. The lowest BCUT2D eigenvalue weighted by atomic mass is 9.82. The molecule has 0 aliphatic heterocycles. The van der Waals surface area contributed by atoms with Crippen LogP contribution in [-0.4, -0.2) is 47.4 Å². The summed E-state index contributed by atoms with van der Waals surface area (Å²) in [5, 5.41) is 15.1. The number of ether oxygens (including phenoxy) is 2. The molecule has 34 heavy (non-hydrogen) atoms. The number of aliphatic carboxylic acids is 1. The Morgan fingerprint density at radius 3 is 2.44 bits per heavy atom. The van der Waals surface area contributed by atoms with Gasteiger partial charge in [-0.1, -0.05) is 42.5 Å². The lowest BCUT2D eigenvalue weighted by Crippen LogP contribution is -2.23. The number of carboxylic acid groups (broad SMARTS) is 1. The lowest BCUT2D eigenvalue weighted by molar-refractivity contribution is -0.142. The number of methoxy groups -OCH3 is 1. The molecule has 1 N–H and O–H groups in total. The normalized spacial score (nSPS) is 18.1. The molecule has 180 valence electrons. The molecule has 3 aromatic rings. The summed E-state index contributed by atoms with van der Waals surface area (Å²) >= 11 is 1.73. The van der Waals surface area contributed by atoms with Gasteiger partial charge in [0.15, 0.2) is 0 Å². The first-order chi connectivity index (χ1) is 16.6. The van der Waals surface area contributed by atoms with Crippen LogP contribution in [0.3, 0.4) is 0 Å². The zero-order valence-electron chi connectivity index (χ0n) is 19.8. The fourth-order valence-electron chi connectivity index (χ4n) is 4.75. The van der Waals surface area contributed by atoms with Crippen molar-refractivity contribution < 1.29 is 19.4 Å². The summed E-state index contributed by atoms with van der Waals surface area (Å²) in [6.07, 6.45) is 6.44. The van der Waals surface area contributed by atoms with Crippen molar-refractivity contribution in [3.8, 4) is 28.1 Å². The van der Waals surface area contributed by atoms with Crippen molar-refractivity contribution in [3.63, 3.8) is 0 Å². The topological polar surface area (TPSA) is 73.6 Å². The molecule has 1 fully saturated rings. The van der Waals surface area contributed by atoms with Crippen molar-refractivity contribution >= 4 is 17.7 Å². The average Bonchev–Trinajstić information content (AvgIpc) is 3.23. The minimum absolute atomic E-state index is 0.209. The van der Waals surface area contributed by atoms with Crippen LogP contribution in [0.4, 0.5) is 0 Å². The summed E-state index contributed by atoms with van der Waals surface area (Å²) in [5.74, 6) is 0.918. The number of carboxylic acids is 1. The highest BCUT2D eigenvalue weighted by molar-refractivity contribution is 7.98. The van der Waals surface area contributed by atoms with E-state index in [0.29, 0.717) is 18.4 Å². The summed E-state index contributed by atoms with van der Waals surface area (Å²) < 4.78 is 13.0. The summed E-state index contributed by atoms with van der Waals surface area (Å²) in [7, 11) is 1.69. The van der Waals surface area contributed by atoms with Crippen LogP contribution >= 0.6 is 11.8 Å². The SMILES string of the molecule is COc1cccc(-c2c(-c3ccccc3)nn(CC3CCC(COCC(=O)O)CC3)c2SC)c1. The molecule has 0 spiro atoms. The van der Waals surface area contributed by atoms with Gasteiger partial charge in [0, 0.05) is 17.7 Å². The van der Waals surface area contributed by atoms with E-state index in [1.165, 1.54) is 5.03 Å². The van der Waals surface area contributed by atoms with E-state index < -0.39 is 5.97 Å². The number of aromatic nitrogens is 2. The van der Waals surface area contributed by atoms with Gasteiger partial charge in [0.1, 0.15) is 23.1 Å². The number of rotatable bonds is 10. The second-order valence-electron chi connectivity index (χ2n) is 8.81. The Hall–Kier alpha value is -2.77. The van der Waals surface area contributed by atoms with E-state index in [2.05, 4.69) is 47.3 Å². The van der Waals surface area contributed by atoms with Crippen LogP contribution in [0, 0.1) is 11.8 Å². The molecule has 0 amide bonds. The Morgan fingerprint density at radius 2 is 1.76 bits per heavy atom. The second kappa shape index (κ2) is 11.6. The molecule has 1 saturated carbocycles. The van der Waals surface area contributed by atoms with Crippen LogP contribution in [0.25, 0.3) is 22.4 Å². The molecular formula is C27H32N2O4S. The summed E-state index contributed by atoms with van der Waals surface area (Å²) in [6.45, 7) is 1.21. The van der Waals surface area contributed by atoms with Crippen molar-refractivity contribution in [2.75, 3.05) is 26.6 Å². The van der Waals surface area contributed by atoms with E-state index >= 15 is 0 Å². The first kappa shape index (κ1) is 24.4. The van der Waals surface area contributed by atoms with Gasteiger partial charge in [0.25, 0.3) is 0 Å². The largest absolute Gasteiger partial charge is 0.497 e. The van der Waals surface area contributed by atoms with Gasteiger partial charge >= 0.3 is 5.97 Å². The van der Waals surface area contributed by atoms with Crippen molar-refractivity contribution in [2.24, 2.45) is 11.8 Å². The Bertz CT molecular complexity index is 1090. The van der Waals surface area contributed by atoms with Gasteiger partial charge in [-0.15, -0.1) is 11.8 Å². The monoisotopic (exact) mass is 480 g/mol. The Kier molecular flexibility index (Phi) is 8.29. The number of nitrogens with zero attached hydrogens (tertiary/aromatic N) is 2. The molecule has 1 aliphatic carbocycles. The maximum Gasteiger partial charge on any atom is 0.329 e. The smallest absolute Gasteiger partial charge is 0.329 e. The van der Waals surface area contributed by atoms with Gasteiger partial charge in [-0.05, 0) is 61.5 Å². The zero-order chi connectivity index (χ0) is 23.9. The molecule has 0 radical (unpaired) electrons. The fourth-order valence-corrected chi connectivity index (χ4v) is 5.50. The molecule has 0 saturated heterocycles. The molecule has 0 bridgehead atoms. The van der Waals surface area contributed by atoms with Crippen molar-refractivity contribution in [2.45, 2.75) is 37.3 Å². The van der Waals surface area contributed by atoms with Gasteiger partial charge in [0.05, 0.1) is 13.7 Å². The maximum absolute atomic E-state index is 10.7. The van der Waals surface area contributed by atoms with E-state index in [1.54, 1.807) is 18.9 Å². The van der Waals surface area contributed by atoms with Crippen LogP contribution in [-0.2, 0) is 16.1 Å². The Labute approximate surface area is 205 Å². The molecular weight excluding hydrogens is 448 g/mol. The average molecular weight is 481 g/mol. The van der Waals surface area contributed by atoms with Crippen LogP contribution < -0.4 is 4.74 Å². The van der Waals surface area contributed by atoms with Crippen molar-refractivity contribution in [3.05, 3.63) is 54.6 Å². The van der Waals surface area contributed by atoms with Crippen LogP contribution in [0.5, 0.6) is 5.75 Å². The summed E-state index contributed by atoms with van der Waals surface area (Å²) in [4.78, 5) is 10.7. The molecule has 4 rings (SSSR count). The number of hydrogen-bond donors (Lipinski definition) is 1. The van der Waals surface area contributed by atoms with Crippen LogP contribution in [0.15, 0.2) is 59.6 Å². The van der Waals surface area contributed by atoms with Gasteiger partial charge in [0.2, 0.25) is 0 Å². The second-order valence-corrected chi connectivity index (χ2v) is 9.60. The minimum atomic E-state index is -0.905. The van der Waals surface area contributed by atoms with E-state index in [4.69, 9.17) is 19.7 Å². The van der Waals surface area contributed by atoms with E-state index in [0.717, 1.165) is 60.4 Å². The maximum atomic E-state index is 10.7. The van der Waals surface area contributed by atoms with Gasteiger partial charge in [-0.3, -0.25) is 4.68 Å². The first-order valence-electron chi connectivity index (χ1n) is 11.7. The third kappa shape index (κ3) is 5.83. The predicted octanol–water partition coefficient (Wildman–Crippen LogP) is 5.86. The highest BCUT2D eigenvalue weighted by Crippen LogP contribution is 2.41. The summed E-state index contributed by atoms with van der Waals surface area (Å²) in [6, 6.07) is 18.6. The molecule has 0 atom stereocenters. The molecule has 1 heterocycles. The highest BCUT2D eigenvalue weighted by Gasteiger charge is 2.26. The van der Waals surface area contributed by atoms with Crippen molar-refractivity contribution in [1.29, 1.82) is 0 Å². The summed E-state index contributed by atoms with van der Waals surface area (Å²) in [5.41, 5.74) is 4.35.